The predicted octanol–water partition coefficient (Wildman–Crippen LogP) is 2.84. The Kier molecular flexibility index (Phi) is 30.2. The molecular weight excluding hydrogens is 1290 g/mol. The molecule has 0 radical (unpaired) electrons. The molecule has 3 aromatic heterocycles. The zero-order valence-electron chi connectivity index (χ0n) is 58.2. The first-order valence-corrected chi connectivity index (χ1v) is 35.1. The monoisotopic (exact) mass is 1390 g/mol. The summed E-state index contributed by atoms with van der Waals surface area (Å²) in [4.78, 5) is 184. The molecule has 11 atom stereocenters. The molecule has 5 aromatic rings. The van der Waals surface area contributed by atoms with Crippen LogP contribution in [0.1, 0.15) is 137 Å². The summed E-state index contributed by atoms with van der Waals surface area (Å²) in [5.41, 5.74) is 2.66. The lowest BCUT2D eigenvalue weighted by molar-refractivity contribution is -0.138. The number of benzene rings is 2. The lowest BCUT2D eigenvalue weighted by Gasteiger charge is -2.29. The second-order valence-corrected chi connectivity index (χ2v) is 28.7. The number of rotatable bonds is 18. The van der Waals surface area contributed by atoms with E-state index in [0.717, 1.165) is 21.8 Å². The Morgan fingerprint density at radius 2 is 1.18 bits per heavy atom. The number of aromatic amines is 3. The summed E-state index contributed by atoms with van der Waals surface area (Å²) in [6.07, 6.45) is 3.36. The van der Waals surface area contributed by atoms with Crippen molar-refractivity contribution in [3.8, 4) is 0 Å². The van der Waals surface area contributed by atoms with Crippen molar-refractivity contribution in [1.82, 2.24) is 73.1 Å². The van der Waals surface area contributed by atoms with Crippen molar-refractivity contribution in [2.75, 3.05) is 24.6 Å². The third kappa shape index (κ3) is 25.4. The van der Waals surface area contributed by atoms with Gasteiger partial charge in [-0.3, -0.25) is 57.5 Å². The van der Waals surface area contributed by atoms with Gasteiger partial charge in [0.05, 0.1) is 37.0 Å². The first-order chi connectivity index (χ1) is 46.9. The SMILES string of the molecule is CC[C@@H]1NC(=O)[C@H](CC(C)C)NC(=O)[C@H](CCC(=O)O)NC(=O)CNC(=O)[C@H](CC(C)C)NC(=O)[C@H](Cc2cnc[nH]2)CC(=O)[C@H](Cc2c[nH]c3ccccc23)NC(=O)[C@H](C)CC(=O)[C@@H](NC(C)(C)C)CSCC[C@@H](C(=O)NC[C@@H](C)O)NC(=O)[C@H](Cc2c[nH]c3ccccc23)NC1=O. The van der Waals surface area contributed by atoms with E-state index >= 15 is 4.79 Å². The highest BCUT2D eigenvalue weighted by atomic mass is 32.2. The van der Waals surface area contributed by atoms with E-state index in [1.54, 1.807) is 60.0 Å². The van der Waals surface area contributed by atoms with E-state index in [0.29, 0.717) is 16.8 Å². The molecule has 1 aliphatic rings. The third-order valence-corrected chi connectivity index (χ3v) is 17.9. The zero-order valence-corrected chi connectivity index (χ0v) is 59.0. The molecule has 1 aliphatic heterocycles. The number of carbonyl (C=O) groups excluding carboxylic acids is 11. The fourth-order valence-electron chi connectivity index (χ4n) is 11.6. The number of ketones is 2. The number of fused-ring (bicyclic) bond motifs is 2. The first kappa shape index (κ1) is 79.0. The topological polar surface area (TPSA) is 426 Å². The van der Waals surface area contributed by atoms with Crippen LogP contribution in [0.3, 0.4) is 0 Å². The van der Waals surface area contributed by atoms with Crippen LogP contribution in [0.4, 0.5) is 0 Å². The average molecular weight is 1390 g/mol. The maximum atomic E-state index is 15.0. The number of hydrogen-bond acceptors (Lipinski definition) is 16. The molecular formula is C70H100N14O14S. The fourth-order valence-corrected chi connectivity index (χ4v) is 12.7. The summed E-state index contributed by atoms with van der Waals surface area (Å²) < 4.78 is 0. The number of carboxylic acid groups (broad SMARTS) is 1. The molecule has 0 saturated carbocycles. The number of aromatic nitrogens is 4. The molecule has 15 N–H and O–H groups in total. The standard InChI is InChI=1S/C70H100N14O14S/c1-11-48-66(95)83-56(29-44-33-73-50-19-15-13-17-47(44)50)69(98)79-52(64(93)74-31-41(7)85)22-23-99-36-57(84-70(8,9)10)58(86)26-40(6)62(91)80-53(28-43-32-72-49-18-14-12-16-46(43)49)59(87)30-42(27-45-34-71-37-76-45)63(92)81-54(24-38(2)3)65(94)75-35-60(88)77-51(20-21-61(89)90)67(96)82-55(25-39(4)5)68(97)78-48/h12-19,32-34,37-42,48,51-57,72-73,84-85H,11,20-31,35-36H2,1-10H3,(H,71,76)(H,74,93)(H,75,94)(H,77,88)(H,78,97)(H,79,98)(H,80,91)(H,81,92)(H,82,96)(H,83,95)(H,89,90)/t40-,41-,42-,48+,51+,52+,53+,54+,55+,56+,57+/m1/s1. The van der Waals surface area contributed by atoms with E-state index in [9.17, 15) is 63.0 Å². The number of aliphatic hydroxyl groups is 1. The molecule has 540 valence electrons. The van der Waals surface area contributed by atoms with Crippen molar-refractivity contribution in [1.29, 1.82) is 0 Å². The first-order valence-electron chi connectivity index (χ1n) is 33.9. The molecule has 2 aromatic carbocycles. The number of aliphatic hydroxyl groups excluding tert-OH is 1. The number of thioether (sulfide) groups is 1. The van der Waals surface area contributed by atoms with Crippen LogP contribution in [0, 0.1) is 23.7 Å². The van der Waals surface area contributed by atoms with Crippen LogP contribution in [0.15, 0.2) is 73.4 Å². The Hall–Kier alpha value is -8.96. The largest absolute Gasteiger partial charge is 0.481 e. The number of para-hydroxylation sites is 2. The molecule has 29 heteroatoms. The van der Waals surface area contributed by atoms with E-state index in [2.05, 4.69) is 73.1 Å². The van der Waals surface area contributed by atoms with Crippen molar-refractivity contribution < 1.29 is 67.7 Å². The Balaban J connectivity index is 1.38. The maximum Gasteiger partial charge on any atom is 0.303 e. The number of carbonyl (C=O) groups is 12. The van der Waals surface area contributed by atoms with E-state index in [4.69, 9.17) is 0 Å². The van der Waals surface area contributed by atoms with Crippen LogP contribution in [-0.2, 0) is 76.8 Å². The lowest BCUT2D eigenvalue weighted by atomic mass is 9.90. The van der Waals surface area contributed by atoms with Crippen molar-refractivity contribution in [3.05, 3.63) is 90.3 Å². The number of carboxylic acids is 1. The van der Waals surface area contributed by atoms with Gasteiger partial charge in [0.25, 0.3) is 0 Å². The average Bonchev–Trinajstić information content (AvgIpc) is 1.71. The second-order valence-electron chi connectivity index (χ2n) is 27.6. The summed E-state index contributed by atoms with van der Waals surface area (Å²) >= 11 is 1.30. The number of hydrogen-bond donors (Lipinski definition) is 15. The van der Waals surface area contributed by atoms with E-state index in [-0.39, 0.29) is 87.0 Å². The summed E-state index contributed by atoms with van der Waals surface area (Å²) in [5, 5.41) is 49.1. The van der Waals surface area contributed by atoms with Crippen molar-refractivity contribution in [2.45, 2.75) is 200 Å². The van der Waals surface area contributed by atoms with Crippen LogP contribution in [-0.4, -0.2) is 185 Å². The lowest BCUT2D eigenvalue weighted by Crippen LogP contribution is -2.59. The molecule has 0 aliphatic carbocycles. The number of Topliss-reactive ketones (excluding diaryl/α,β-unsaturated/α-hetero) is 2. The van der Waals surface area contributed by atoms with Gasteiger partial charge >= 0.3 is 5.97 Å². The molecule has 4 heterocycles. The molecule has 0 bridgehead atoms. The van der Waals surface area contributed by atoms with Gasteiger partial charge in [0.2, 0.25) is 53.2 Å². The molecule has 0 spiro atoms. The van der Waals surface area contributed by atoms with Gasteiger partial charge in [0.1, 0.15) is 36.3 Å². The molecule has 99 heavy (non-hydrogen) atoms. The minimum atomic E-state index is -1.57. The highest BCUT2D eigenvalue weighted by Crippen LogP contribution is 2.24. The van der Waals surface area contributed by atoms with Crippen LogP contribution in [0.2, 0.25) is 0 Å². The Morgan fingerprint density at radius 1 is 0.636 bits per heavy atom. The summed E-state index contributed by atoms with van der Waals surface area (Å²) in [6.45, 7) is 16.5. The van der Waals surface area contributed by atoms with Crippen LogP contribution in [0.25, 0.3) is 21.8 Å². The molecule has 9 amide bonds. The zero-order chi connectivity index (χ0) is 72.7. The number of nitrogens with zero attached hydrogens (tertiary/aromatic N) is 1. The van der Waals surface area contributed by atoms with Gasteiger partial charge in [0.15, 0.2) is 11.6 Å². The third-order valence-electron chi connectivity index (χ3n) is 16.8. The summed E-state index contributed by atoms with van der Waals surface area (Å²) in [7, 11) is 0. The summed E-state index contributed by atoms with van der Waals surface area (Å²) in [5.74, 6) is -11.6. The van der Waals surface area contributed by atoms with Crippen molar-refractivity contribution in [2.24, 2.45) is 23.7 Å². The van der Waals surface area contributed by atoms with E-state index < -0.39 is 163 Å². The number of nitrogens with one attached hydrogen (secondary N) is 13. The Morgan fingerprint density at radius 3 is 1.76 bits per heavy atom. The van der Waals surface area contributed by atoms with Gasteiger partial charge in [-0.05, 0) is 101 Å². The van der Waals surface area contributed by atoms with Crippen LogP contribution >= 0.6 is 11.8 Å². The molecule has 0 unspecified atom stereocenters. The van der Waals surface area contributed by atoms with E-state index in [1.807, 2.05) is 63.2 Å². The number of amides is 9. The highest BCUT2D eigenvalue weighted by molar-refractivity contribution is 7.99. The number of H-pyrrole nitrogens is 3. The van der Waals surface area contributed by atoms with Gasteiger partial charge in [-0.2, -0.15) is 11.8 Å². The normalized spacial score (nSPS) is 23.9. The maximum absolute atomic E-state index is 15.0. The van der Waals surface area contributed by atoms with Gasteiger partial charge in [-0.15, -0.1) is 0 Å². The second kappa shape index (κ2) is 37.8. The smallest absolute Gasteiger partial charge is 0.303 e. The van der Waals surface area contributed by atoms with E-state index in [1.165, 1.54) is 31.2 Å². The van der Waals surface area contributed by atoms with Crippen molar-refractivity contribution >= 4 is 104 Å². The molecule has 28 nitrogen and oxygen atoms in total. The van der Waals surface area contributed by atoms with Gasteiger partial charge < -0.3 is 78.3 Å². The Bertz CT molecular complexity index is 3600. The minimum Gasteiger partial charge on any atom is -0.481 e. The Labute approximate surface area is 581 Å². The highest BCUT2D eigenvalue weighted by Gasteiger charge is 2.37. The summed E-state index contributed by atoms with van der Waals surface area (Å²) in [6, 6.07) is 4.40. The molecule has 1 fully saturated rings. The fraction of sp³-hybridized carbons (Fsp3) is 0.557. The number of imidazole rings is 1. The number of aliphatic carboxylic acids is 1. The van der Waals surface area contributed by atoms with Gasteiger partial charge in [0, 0.05) is 108 Å². The van der Waals surface area contributed by atoms with Crippen molar-refractivity contribution in [3.63, 3.8) is 0 Å². The van der Waals surface area contributed by atoms with Crippen LogP contribution in [0.5, 0.6) is 0 Å². The molecule has 1 saturated heterocycles. The van der Waals surface area contributed by atoms with Gasteiger partial charge in [-0.25, -0.2) is 4.98 Å². The predicted molar refractivity (Wildman–Crippen MR) is 374 cm³/mol. The molecule has 6 rings (SSSR count). The minimum absolute atomic E-state index is 0.00103. The van der Waals surface area contributed by atoms with Gasteiger partial charge in [-0.1, -0.05) is 77.9 Å². The van der Waals surface area contributed by atoms with Crippen LogP contribution < -0.4 is 53.2 Å². The quantitative estimate of drug-likeness (QED) is 0.0600.